The first-order chi connectivity index (χ1) is 18.7. The summed E-state index contributed by atoms with van der Waals surface area (Å²) in [5, 5.41) is 3.58. The molecule has 0 aromatic heterocycles. The van der Waals surface area contributed by atoms with E-state index >= 15 is 0 Å². The summed E-state index contributed by atoms with van der Waals surface area (Å²) in [6.07, 6.45) is 0. The largest absolute Gasteiger partial charge is 0.425 e. The normalized spacial score (nSPS) is 11.3. The van der Waals surface area contributed by atoms with E-state index in [-0.39, 0.29) is 0 Å². The van der Waals surface area contributed by atoms with E-state index in [1.807, 2.05) is 60.7 Å². The van der Waals surface area contributed by atoms with Crippen molar-refractivity contribution in [3.05, 3.63) is 71.8 Å². The molecule has 6 heteroatoms. The van der Waals surface area contributed by atoms with E-state index < -0.39 is 28.1 Å². The van der Waals surface area contributed by atoms with Gasteiger partial charge in [0.1, 0.15) is 16.1 Å². The second-order valence-electron chi connectivity index (χ2n) is 11.9. The summed E-state index contributed by atoms with van der Waals surface area (Å²) in [6, 6.07) is 19.7. The molecule has 0 N–H and O–H groups in total. The van der Waals surface area contributed by atoms with Crippen molar-refractivity contribution in [2.24, 2.45) is 0 Å². The highest BCUT2D eigenvalue weighted by molar-refractivity contribution is 6.84. The van der Waals surface area contributed by atoms with Crippen molar-refractivity contribution in [1.29, 1.82) is 0 Å². The van der Waals surface area contributed by atoms with Crippen molar-refractivity contribution in [2.45, 2.75) is 53.1 Å². The molecule has 0 fully saturated rings. The highest BCUT2D eigenvalue weighted by Gasteiger charge is 2.26. The van der Waals surface area contributed by atoms with E-state index in [1.54, 1.807) is 0 Å². The van der Waals surface area contributed by atoms with Crippen LogP contribution in [-0.4, -0.2) is 28.1 Å². The van der Waals surface area contributed by atoms with Crippen LogP contribution in [0.4, 0.5) is 0 Å². The lowest BCUT2D eigenvalue weighted by Gasteiger charge is -2.20. The third-order valence-electron chi connectivity index (χ3n) is 5.89. The Kier molecular flexibility index (Phi) is 8.07. The number of benzene rings is 4. The van der Waals surface area contributed by atoms with E-state index in [2.05, 4.69) is 62.2 Å². The Bertz CT molecular complexity index is 1650. The number of carbonyl (C=O) groups is 2. The lowest BCUT2D eigenvalue weighted by atomic mass is 9.89. The van der Waals surface area contributed by atoms with Crippen molar-refractivity contribution in [3.63, 3.8) is 0 Å². The zero-order valence-corrected chi connectivity index (χ0v) is 26.4. The topological polar surface area (TPSA) is 52.6 Å². The van der Waals surface area contributed by atoms with E-state index in [0.29, 0.717) is 33.8 Å². The van der Waals surface area contributed by atoms with Gasteiger partial charge in [0.2, 0.25) is 0 Å². The summed E-state index contributed by atoms with van der Waals surface area (Å²) >= 11 is 0. The molecule has 202 valence electrons. The van der Waals surface area contributed by atoms with Gasteiger partial charge < -0.3 is 9.47 Å². The number of rotatable bonds is 3. The summed E-state index contributed by atoms with van der Waals surface area (Å²) < 4.78 is 11.9. The van der Waals surface area contributed by atoms with Crippen LogP contribution < -0.4 is 9.47 Å². The van der Waals surface area contributed by atoms with Crippen LogP contribution >= 0.6 is 0 Å². The maximum Gasteiger partial charge on any atom is 0.308 e. The smallest absolute Gasteiger partial charge is 0.308 e. The molecule has 40 heavy (non-hydrogen) atoms. The van der Waals surface area contributed by atoms with E-state index in [9.17, 15) is 9.59 Å². The Hall–Kier alpha value is -4.11. The van der Waals surface area contributed by atoms with Crippen LogP contribution in [0.2, 0.25) is 39.3 Å². The molecule has 0 heterocycles. The zero-order chi connectivity index (χ0) is 29.2. The fourth-order valence-corrected chi connectivity index (χ4v) is 5.37. The number of hydrogen-bond acceptors (Lipinski definition) is 4. The molecule has 0 unspecified atom stereocenters. The van der Waals surface area contributed by atoms with Crippen LogP contribution in [0.15, 0.2) is 60.7 Å². The van der Waals surface area contributed by atoms with Crippen molar-refractivity contribution >= 4 is 49.6 Å². The van der Waals surface area contributed by atoms with Crippen molar-refractivity contribution in [2.75, 3.05) is 0 Å². The lowest BCUT2D eigenvalue weighted by molar-refractivity contribution is -0.132. The molecule has 0 saturated heterocycles. The van der Waals surface area contributed by atoms with Crippen molar-refractivity contribution in [3.8, 4) is 45.6 Å². The van der Waals surface area contributed by atoms with Gasteiger partial charge in [-0.3, -0.25) is 9.59 Å². The quantitative estimate of drug-likeness (QED) is 0.110. The Balaban J connectivity index is 2.29. The summed E-state index contributed by atoms with van der Waals surface area (Å²) in [5.74, 6) is 6.46. The van der Waals surface area contributed by atoms with Gasteiger partial charge in [-0.1, -0.05) is 99.7 Å². The molecule has 0 radical (unpaired) electrons. The maximum atomic E-state index is 12.5. The third-order valence-corrected chi connectivity index (χ3v) is 7.64. The first-order valence-corrected chi connectivity index (χ1v) is 20.3. The van der Waals surface area contributed by atoms with Crippen molar-refractivity contribution in [1.82, 2.24) is 0 Å². The predicted molar refractivity (Wildman–Crippen MR) is 170 cm³/mol. The fourth-order valence-electron chi connectivity index (χ4n) is 4.35. The molecule has 0 aliphatic rings. The molecule has 0 aliphatic carbocycles. The molecular formula is C34H34O4Si2. The highest BCUT2D eigenvalue weighted by Crippen LogP contribution is 2.48. The van der Waals surface area contributed by atoms with Gasteiger partial charge in [0.15, 0.2) is 11.5 Å². The van der Waals surface area contributed by atoms with Gasteiger partial charge in [0.05, 0.1) is 11.1 Å². The van der Waals surface area contributed by atoms with Crippen LogP contribution in [0.3, 0.4) is 0 Å². The van der Waals surface area contributed by atoms with E-state index in [1.165, 1.54) is 13.8 Å². The SMILES string of the molecule is CC(=O)Oc1c(C#C[Si](C)(C)C)cc2ccccc2c1-c1c(OC(C)=O)c(C#C[Si](C)(C)C)cc2ccccc12. The highest BCUT2D eigenvalue weighted by atomic mass is 28.3. The van der Waals surface area contributed by atoms with Gasteiger partial charge in [0.25, 0.3) is 0 Å². The van der Waals surface area contributed by atoms with Gasteiger partial charge in [-0.2, -0.15) is 0 Å². The van der Waals surface area contributed by atoms with Crippen LogP contribution in [0.1, 0.15) is 25.0 Å². The van der Waals surface area contributed by atoms with E-state index in [4.69, 9.17) is 9.47 Å². The first-order valence-electron chi connectivity index (χ1n) is 13.3. The second-order valence-corrected chi connectivity index (χ2v) is 21.4. The molecule has 4 rings (SSSR count). The van der Waals surface area contributed by atoms with Gasteiger partial charge in [-0.15, -0.1) is 11.1 Å². The molecular weight excluding hydrogens is 529 g/mol. The number of hydrogen-bond donors (Lipinski definition) is 0. The number of ether oxygens (including phenoxy) is 2. The molecule has 0 atom stereocenters. The second kappa shape index (κ2) is 11.2. The van der Waals surface area contributed by atoms with Crippen LogP contribution in [-0.2, 0) is 9.59 Å². The molecule has 4 aromatic carbocycles. The summed E-state index contributed by atoms with van der Waals surface area (Å²) in [4.78, 5) is 25.1. The molecule has 0 amide bonds. The van der Waals surface area contributed by atoms with Crippen molar-refractivity contribution < 1.29 is 19.1 Å². The molecule has 0 saturated carbocycles. The minimum Gasteiger partial charge on any atom is -0.425 e. The molecule has 0 aliphatic heterocycles. The number of esters is 2. The Morgan fingerprint density at radius 2 is 0.950 bits per heavy atom. The van der Waals surface area contributed by atoms with Crippen LogP contribution in [0, 0.1) is 22.9 Å². The lowest BCUT2D eigenvalue weighted by Crippen LogP contribution is -2.16. The average molecular weight is 563 g/mol. The predicted octanol–water partition coefficient (Wildman–Crippen LogP) is 7.97. The third kappa shape index (κ3) is 6.72. The average Bonchev–Trinajstić information content (AvgIpc) is 2.85. The van der Waals surface area contributed by atoms with E-state index in [0.717, 1.165) is 21.5 Å². The zero-order valence-electron chi connectivity index (χ0n) is 24.4. The van der Waals surface area contributed by atoms with Crippen LogP contribution in [0.5, 0.6) is 11.5 Å². The van der Waals surface area contributed by atoms with Gasteiger partial charge >= 0.3 is 11.9 Å². The number of carbonyl (C=O) groups excluding carboxylic acids is 2. The molecule has 0 spiro atoms. The monoisotopic (exact) mass is 562 g/mol. The number of fused-ring (bicyclic) bond motifs is 2. The molecule has 0 bridgehead atoms. The molecule has 4 aromatic rings. The Morgan fingerprint density at radius 3 is 1.27 bits per heavy atom. The summed E-state index contributed by atoms with van der Waals surface area (Å²) in [5.41, 5.74) is 9.37. The summed E-state index contributed by atoms with van der Waals surface area (Å²) in [6.45, 7) is 15.8. The Morgan fingerprint density at radius 1 is 0.600 bits per heavy atom. The van der Waals surface area contributed by atoms with Gasteiger partial charge in [-0.25, -0.2) is 0 Å². The molecule has 4 nitrogen and oxygen atoms in total. The van der Waals surface area contributed by atoms with Crippen LogP contribution in [0.25, 0.3) is 32.7 Å². The minimum atomic E-state index is -1.77. The Labute approximate surface area is 238 Å². The minimum absolute atomic E-state index is 0.353. The standard InChI is InChI=1S/C34H34O4Si2/c1-23(35)37-33-27(17-19-39(3,4)5)21-25-13-9-11-15-29(25)31(33)32-30-16-12-10-14-26(30)22-28(18-20-40(6,7)8)34(32)38-24(2)36/h9-16,21-22H,1-8H3. The van der Waals surface area contributed by atoms with Gasteiger partial charge in [-0.05, 0) is 33.7 Å². The first kappa shape index (κ1) is 28.9. The summed E-state index contributed by atoms with van der Waals surface area (Å²) in [7, 11) is -3.53. The van der Waals surface area contributed by atoms with Gasteiger partial charge in [0, 0.05) is 25.0 Å². The maximum absolute atomic E-state index is 12.5. The fraction of sp³-hybridized carbons (Fsp3) is 0.235.